The van der Waals surface area contributed by atoms with Gasteiger partial charge in [-0.2, -0.15) is 0 Å². The first-order chi connectivity index (χ1) is 17.4. The predicted molar refractivity (Wildman–Crippen MR) is 148 cm³/mol. The van der Waals surface area contributed by atoms with Gasteiger partial charge >= 0.3 is 5.97 Å². The maximum atomic E-state index is 14.0. The minimum absolute atomic E-state index is 0.0818. The topological polar surface area (TPSA) is 46.6 Å². The van der Waals surface area contributed by atoms with Crippen molar-refractivity contribution in [3.8, 4) is 0 Å². The Kier molecular flexibility index (Phi) is 7.00. The van der Waals surface area contributed by atoms with Gasteiger partial charge in [0.2, 0.25) is 0 Å². The van der Waals surface area contributed by atoms with Crippen LogP contribution in [0.15, 0.2) is 95.9 Å². The van der Waals surface area contributed by atoms with Crippen LogP contribution in [0.2, 0.25) is 0 Å². The number of thioether (sulfide) groups is 2. The first-order valence-corrected chi connectivity index (χ1v) is 14.0. The van der Waals surface area contributed by atoms with Gasteiger partial charge in [-0.15, -0.1) is 23.5 Å². The van der Waals surface area contributed by atoms with Crippen LogP contribution >= 0.6 is 23.5 Å². The lowest BCUT2D eigenvalue weighted by atomic mass is 9.99. The summed E-state index contributed by atoms with van der Waals surface area (Å²) in [6.45, 7) is 6.11. The first-order valence-electron chi connectivity index (χ1n) is 12.2. The third-order valence-electron chi connectivity index (χ3n) is 6.56. The summed E-state index contributed by atoms with van der Waals surface area (Å²) in [6.07, 6.45) is -0.552. The maximum Gasteiger partial charge on any atom is 0.331 e. The number of ether oxygens (including phenoxy) is 1. The minimum Gasteiger partial charge on any atom is -0.451 e. The lowest BCUT2D eigenvalue weighted by molar-refractivity contribution is -0.157. The molecule has 0 aromatic heterocycles. The number of carbonyl (C=O) groups excluding carboxylic acids is 2. The van der Waals surface area contributed by atoms with Crippen LogP contribution in [0.5, 0.6) is 0 Å². The highest BCUT2D eigenvalue weighted by atomic mass is 32.2. The average Bonchev–Trinajstić information content (AvgIpc) is 3.32. The van der Waals surface area contributed by atoms with Crippen LogP contribution in [0.3, 0.4) is 0 Å². The Morgan fingerprint density at radius 3 is 2.00 bits per heavy atom. The van der Waals surface area contributed by atoms with Crippen molar-refractivity contribution in [1.82, 2.24) is 4.90 Å². The zero-order valence-corrected chi connectivity index (χ0v) is 22.2. The summed E-state index contributed by atoms with van der Waals surface area (Å²) in [5.74, 6) is 0.323. The molecule has 6 heteroatoms. The molecule has 3 aromatic rings. The van der Waals surface area contributed by atoms with Crippen molar-refractivity contribution in [3.63, 3.8) is 0 Å². The monoisotopic (exact) mass is 515 g/mol. The molecule has 0 radical (unpaired) electrons. The van der Waals surface area contributed by atoms with Gasteiger partial charge in [0.1, 0.15) is 11.4 Å². The van der Waals surface area contributed by atoms with Gasteiger partial charge in [-0.1, -0.05) is 97.9 Å². The average molecular weight is 516 g/mol. The summed E-state index contributed by atoms with van der Waals surface area (Å²) in [7, 11) is 0. The summed E-state index contributed by atoms with van der Waals surface area (Å²) < 4.78 is 5.75. The van der Waals surface area contributed by atoms with Gasteiger partial charge < -0.3 is 9.64 Å². The lowest BCUT2D eigenvalue weighted by Crippen LogP contribution is -2.50. The third kappa shape index (κ3) is 4.48. The SMILES string of the molecule is CCSC1=C(c2ccccc2)[C@H]2SC(C)(C)[C@H](C(=O)OC(c3ccccc3)c3ccccc3)N2C1=O. The first kappa shape index (κ1) is 24.7. The van der Waals surface area contributed by atoms with Gasteiger partial charge in [-0.3, -0.25) is 4.79 Å². The van der Waals surface area contributed by atoms with Crippen molar-refractivity contribution in [2.45, 2.75) is 43.0 Å². The fraction of sp³-hybridized carbons (Fsp3) is 0.267. The summed E-state index contributed by atoms with van der Waals surface area (Å²) >= 11 is 3.21. The van der Waals surface area contributed by atoms with Crippen molar-refractivity contribution in [2.75, 3.05) is 5.75 Å². The summed E-state index contributed by atoms with van der Waals surface area (Å²) in [6, 6.07) is 28.9. The molecule has 5 rings (SSSR count). The molecule has 2 atom stereocenters. The van der Waals surface area contributed by atoms with Crippen LogP contribution < -0.4 is 0 Å². The largest absolute Gasteiger partial charge is 0.451 e. The molecule has 0 aliphatic carbocycles. The molecule has 0 unspecified atom stereocenters. The molecule has 2 aliphatic rings. The van der Waals surface area contributed by atoms with E-state index in [1.807, 2.05) is 112 Å². The number of esters is 1. The molecule has 1 saturated heterocycles. The maximum absolute atomic E-state index is 14.0. The molecule has 0 N–H and O–H groups in total. The molecule has 184 valence electrons. The van der Waals surface area contributed by atoms with E-state index in [0.29, 0.717) is 0 Å². The number of carbonyl (C=O) groups is 2. The van der Waals surface area contributed by atoms with Gasteiger partial charge in [-0.25, -0.2) is 4.79 Å². The second-order valence-corrected chi connectivity index (χ2v) is 12.4. The number of fused-ring (bicyclic) bond motifs is 1. The second kappa shape index (κ2) is 10.2. The van der Waals surface area contributed by atoms with E-state index in [0.717, 1.165) is 32.9 Å². The number of nitrogens with zero attached hydrogens (tertiary/aromatic N) is 1. The van der Waals surface area contributed by atoms with E-state index in [1.54, 1.807) is 28.4 Å². The Bertz CT molecular complexity index is 1240. The van der Waals surface area contributed by atoms with Crippen molar-refractivity contribution >= 4 is 41.0 Å². The quantitative estimate of drug-likeness (QED) is 0.334. The lowest BCUT2D eigenvalue weighted by Gasteiger charge is -2.31. The molecule has 36 heavy (non-hydrogen) atoms. The fourth-order valence-electron chi connectivity index (χ4n) is 4.98. The van der Waals surface area contributed by atoms with E-state index < -0.39 is 16.9 Å². The molecule has 0 bridgehead atoms. The Morgan fingerprint density at radius 2 is 1.47 bits per heavy atom. The second-order valence-electron chi connectivity index (χ2n) is 9.37. The van der Waals surface area contributed by atoms with E-state index in [1.165, 1.54) is 0 Å². The predicted octanol–water partition coefficient (Wildman–Crippen LogP) is 6.55. The molecule has 2 aliphatic heterocycles. The van der Waals surface area contributed by atoms with E-state index >= 15 is 0 Å². The van der Waals surface area contributed by atoms with Crippen molar-refractivity contribution in [1.29, 1.82) is 0 Å². The summed E-state index contributed by atoms with van der Waals surface area (Å²) in [4.78, 5) is 30.3. The number of hydrogen-bond donors (Lipinski definition) is 0. The highest BCUT2D eigenvalue weighted by molar-refractivity contribution is 8.05. The van der Waals surface area contributed by atoms with Crippen LogP contribution in [-0.2, 0) is 14.3 Å². The molecule has 0 saturated carbocycles. The Morgan fingerprint density at radius 1 is 0.944 bits per heavy atom. The standard InChI is InChI=1S/C30H29NO3S2/c1-4-35-25-23(20-14-8-5-9-15-20)28-31(27(25)32)26(30(2,3)36-28)29(33)34-24(21-16-10-6-11-17-21)22-18-12-7-13-19-22/h5-19,24,26,28H,4H2,1-3H3/t26-,28+/m0/s1. The Labute approximate surface area is 221 Å². The Hall–Kier alpha value is -2.96. The molecule has 1 amide bonds. The van der Waals surface area contributed by atoms with Crippen LogP contribution in [0.1, 0.15) is 43.6 Å². The minimum atomic E-state index is -0.705. The van der Waals surface area contributed by atoms with Gasteiger partial charge in [0, 0.05) is 10.3 Å². The number of rotatable bonds is 7. The normalized spacial score (nSPS) is 20.7. The number of hydrogen-bond acceptors (Lipinski definition) is 5. The smallest absolute Gasteiger partial charge is 0.331 e. The summed E-state index contributed by atoms with van der Waals surface area (Å²) in [5, 5.41) is -0.228. The van der Waals surface area contributed by atoms with Gasteiger partial charge in [0.25, 0.3) is 5.91 Å². The van der Waals surface area contributed by atoms with Crippen LogP contribution in [0, 0.1) is 0 Å². The van der Waals surface area contributed by atoms with Crippen LogP contribution in [0.4, 0.5) is 0 Å². The van der Waals surface area contributed by atoms with Crippen molar-refractivity contribution in [2.24, 2.45) is 0 Å². The van der Waals surface area contributed by atoms with E-state index in [-0.39, 0.29) is 17.3 Å². The molecule has 1 fully saturated rings. The Balaban J connectivity index is 1.51. The number of amides is 1. The molecule has 0 spiro atoms. The van der Waals surface area contributed by atoms with E-state index in [9.17, 15) is 9.59 Å². The molecule has 4 nitrogen and oxygen atoms in total. The van der Waals surface area contributed by atoms with Crippen LogP contribution in [0.25, 0.3) is 5.57 Å². The zero-order chi connectivity index (χ0) is 25.3. The number of benzene rings is 3. The van der Waals surface area contributed by atoms with Crippen LogP contribution in [-0.4, -0.2) is 38.7 Å². The molecular weight excluding hydrogens is 486 g/mol. The van der Waals surface area contributed by atoms with Gasteiger partial charge in [-0.05, 0) is 36.3 Å². The van der Waals surface area contributed by atoms with Crippen molar-refractivity contribution in [3.05, 3.63) is 113 Å². The van der Waals surface area contributed by atoms with Gasteiger partial charge in [0.15, 0.2) is 6.10 Å². The highest BCUT2D eigenvalue weighted by Gasteiger charge is 2.59. The van der Waals surface area contributed by atoms with E-state index in [2.05, 4.69) is 0 Å². The van der Waals surface area contributed by atoms with Crippen molar-refractivity contribution < 1.29 is 14.3 Å². The molecule has 3 aromatic carbocycles. The van der Waals surface area contributed by atoms with Gasteiger partial charge in [0.05, 0.1) is 4.91 Å². The molecule has 2 heterocycles. The highest BCUT2D eigenvalue weighted by Crippen LogP contribution is 2.55. The fourth-order valence-corrected chi connectivity index (χ4v) is 7.58. The molecular formula is C30H29NO3S2. The van der Waals surface area contributed by atoms with E-state index in [4.69, 9.17) is 4.74 Å². The third-order valence-corrected chi connectivity index (χ3v) is 9.05. The summed E-state index contributed by atoms with van der Waals surface area (Å²) in [5.41, 5.74) is 3.83. The zero-order valence-electron chi connectivity index (χ0n) is 20.6.